The first-order chi connectivity index (χ1) is 13.7. The van der Waals surface area contributed by atoms with Crippen LogP contribution in [-0.2, 0) is 0 Å². The molecule has 0 saturated carbocycles. The molecule has 0 atom stereocenters. The first-order valence-electron chi connectivity index (χ1n) is 9.79. The van der Waals surface area contributed by atoms with Crippen molar-refractivity contribution in [3.63, 3.8) is 0 Å². The maximum Gasteiger partial charge on any atom is 0.271 e. The fourth-order valence-corrected chi connectivity index (χ4v) is 3.10. The van der Waals surface area contributed by atoms with E-state index in [1.54, 1.807) is 24.4 Å². The lowest BCUT2D eigenvalue weighted by Gasteiger charge is -2.23. The van der Waals surface area contributed by atoms with Gasteiger partial charge in [0.1, 0.15) is 13.2 Å². The van der Waals surface area contributed by atoms with Crippen LogP contribution in [0, 0.1) is 0 Å². The SMILES string of the molecule is CCCN(CCC)c1ccc(/C=N/NC(=O)c2ccc3c(c2)OCCO3)cc1. The number of anilines is 1. The van der Waals surface area contributed by atoms with E-state index < -0.39 is 0 Å². The van der Waals surface area contributed by atoms with Crippen molar-refractivity contribution in [3.05, 3.63) is 53.6 Å². The van der Waals surface area contributed by atoms with Crippen LogP contribution in [0.1, 0.15) is 42.6 Å². The van der Waals surface area contributed by atoms with Gasteiger partial charge in [-0.15, -0.1) is 0 Å². The molecule has 1 aliphatic heterocycles. The highest BCUT2D eigenvalue weighted by Gasteiger charge is 2.14. The van der Waals surface area contributed by atoms with Crippen molar-refractivity contribution in [1.82, 2.24) is 5.43 Å². The molecule has 28 heavy (non-hydrogen) atoms. The fourth-order valence-electron chi connectivity index (χ4n) is 3.10. The molecule has 6 heteroatoms. The summed E-state index contributed by atoms with van der Waals surface area (Å²) in [5.41, 5.74) is 5.17. The maximum atomic E-state index is 12.3. The van der Waals surface area contributed by atoms with Crippen molar-refractivity contribution >= 4 is 17.8 Å². The first-order valence-corrected chi connectivity index (χ1v) is 9.79. The van der Waals surface area contributed by atoms with E-state index in [2.05, 4.69) is 41.4 Å². The smallest absolute Gasteiger partial charge is 0.271 e. The Morgan fingerprint density at radius 1 is 1.04 bits per heavy atom. The molecule has 0 spiro atoms. The maximum absolute atomic E-state index is 12.3. The van der Waals surface area contributed by atoms with Crippen LogP contribution in [0.15, 0.2) is 47.6 Å². The third kappa shape index (κ3) is 5.03. The van der Waals surface area contributed by atoms with Gasteiger partial charge in [0.15, 0.2) is 11.5 Å². The molecule has 0 saturated heterocycles. The van der Waals surface area contributed by atoms with Crippen molar-refractivity contribution in [2.24, 2.45) is 5.10 Å². The summed E-state index contributed by atoms with van der Waals surface area (Å²) < 4.78 is 11.0. The standard InChI is InChI=1S/C22H27N3O3/c1-3-11-25(12-4-2)19-8-5-17(6-9-19)16-23-24-22(26)18-7-10-20-21(15-18)28-14-13-27-20/h5-10,15-16H,3-4,11-14H2,1-2H3,(H,24,26)/b23-16+. The zero-order chi connectivity index (χ0) is 19.8. The largest absolute Gasteiger partial charge is 0.486 e. The van der Waals surface area contributed by atoms with Gasteiger partial charge in [0.05, 0.1) is 6.21 Å². The Morgan fingerprint density at radius 3 is 2.39 bits per heavy atom. The van der Waals surface area contributed by atoms with Crippen molar-refractivity contribution in [2.45, 2.75) is 26.7 Å². The van der Waals surface area contributed by atoms with Crippen LogP contribution in [0.2, 0.25) is 0 Å². The summed E-state index contributed by atoms with van der Waals surface area (Å²) in [5.74, 6) is 0.954. The first kappa shape index (κ1) is 19.7. The number of fused-ring (bicyclic) bond motifs is 1. The summed E-state index contributed by atoms with van der Waals surface area (Å²) in [6, 6.07) is 13.3. The number of hydrazone groups is 1. The molecular formula is C22H27N3O3. The number of hydrogen-bond acceptors (Lipinski definition) is 5. The molecule has 148 valence electrons. The van der Waals surface area contributed by atoms with E-state index in [4.69, 9.17) is 9.47 Å². The molecule has 0 radical (unpaired) electrons. The van der Waals surface area contributed by atoms with Gasteiger partial charge in [0.25, 0.3) is 5.91 Å². The number of benzene rings is 2. The molecule has 0 unspecified atom stereocenters. The van der Waals surface area contributed by atoms with Crippen molar-refractivity contribution in [3.8, 4) is 11.5 Å². The van der Waals surface area contributed by atoms with E-state index in [-0.39, 0.29) is 5.91 Å². The molecule has 2 aromatic rings. The molecule has 6 nitrogen and oxygen atoms in total. The van der Waals surface area contributed by atoms with Crippen LogP contribution >= 0.6 is 0 Å². The lowest BCUT2D eigenvalue weighted by atomic mass is 10.2. The van der Waals surface area contributed by atoms with Gasteiger partial charge in [0, 0.05) is 24.3 Å². The van der Waals surface area contributed by atoms with Crippen LogP contribution in [0.5, 0.6) is 11.5 Å². The van der Waals surface area contributed by atoms with Crippen molar-refractivity contribution in [1.29, 1.82) is 0 Å². The Labute approximate surface area is 166 Å². The highest BCUT2D eigenvalue weighted by Crippen LogP contribution is 2.30. The van der Waals surface area contributed by atoms with Crippen molar-refractivity contribution in [2.75, 3.05) is 31.2 Å². The zero-order valence-electron chi connectivity index (χ0n) is 16.5. The topological polar surface area (TPSA) is 63.2 Å². The van der Waals surface area contributed by atoms with Gasteiger partial charge in [-0.1, -0.05) is 26.0 Å². The second kappa shape index (κ2) is 9.78. The lowest BCUT2D eigenvalue weighted by molar-refractivity contribution is 0.0954. The minimum atomic E-state index is -0.290. The summed E-state index contributed by atoms with van der Waals surface area (Å²) in [7, 11) is 0. The normalized spacial score (nSPS) is 12.8. The minimum absolute atomic E-state index is 0.290. The predicted octanol–water partition coefficient (Wildman–Crippen LogP) is 3.85. The monoisotopic (exact) mass is 381 g/mol. The van der Waals surface area contributed by atoms with Gasteiger partial charge >= 0.3 is 0 Å². The summed E-state index contributed by atoms with van der Waals surface area (Å²) in [6.45, 7) is 7.48. The van der Waals surface area contributed by atoms with Gasteiger partial charge in [-0.25, -0.2) is 5.43 Å². The van der Waals surface area contributed by atoms with E-state index in [1.807, 2.05) is 12.1 Å². The number of nitrogens with zero attached hydrogens (tertiary/aromatic N) is 2. The van der Waals surface area contributed by atoms with Crippen molar-refractivity contribution < 1.29 is 14.3 Å². The van der Waals surface area contributed by atoms with E-state index >= 15 is 0 Å². The Morgan fingerprint density at radius 2 is 1.71 bits per heavy atom. The van der Waals surface area contributed by atoms with Crippen LogP contribution < -0.4 is 19.8 Å². The molecule has 0 aromatic heterocycles. The van der Waals surface area contributed by atoms with E-state index in [0.29, 0.717) is 30.3 Å². The van der Waals surface area contributed by atoms with Crippen LogP contribution in [0.25, 0.3) is 0 Å². The average molecular weight is 381 g/mol. The quantitative estimate of drug-likeness (QED) is 0.557. The second-order valence-electron chi connectivity index (χ2n) is 6.64. The highest BCUT2D eigenvalue weighted by atomic mass is 16.6. The van der Waals surface area contributed by atoms with Gasteiger partial charge in [-0.2, -0.15) is 5.10 Å². The number of hydrogen-bond donors (Lipinski definition) is 1. The Kier molecular flexibility index (Phi) is 6.89. The molecule has 1 amide bonds. The minimum Gasteiger partial charge on any atom is -0.486 e. The number of amides is 1. The van der Waals surface area contributed by atoms with Gasteiger partial charge in [0.2, 0.25) is 0 Å². The number of carbonyl (C=O) groups excluding carboxylic acids is 1. The van der Waals surface area contributed by atoms with Gasteiger partial charge in [-0.05, 0) is 48.7 Å². The fraction of sp³-hybridized carbons (Fsp3) is 0.364. The zero-order valence-corrected chi connectivity index (χ0v) is 16.5. The van der Waals surface area contributed by atoms with Gasteiger partial charge < -0.3 is 14.4 Å². The summed E-state index contributed by atoms with van der Waals surface area (Å²) >= 11 is 0. The molecule has 1 aliphatic rings. The number of rotatable bonds is 8. The molecule has 0 aliphatic carbocycles. The average Bonchev–Trinajstić information content (AvgIpc) is 2.73. The molecule has 1 heterocycles. The third-order valence-electron chi connectivity index (χ3n) is 4.43. The van der Waals surface area contributed by atoms with E-state index in [9.17, 15) is 4.79 Å². The van der Waals surface area contributed by atoms with Crippen LogP contribution in [0.3, 0.4) is 0 Å². The number of nitrogens with one attached hydrogen (secondary N) is 1. The van der Waals surface area contributed by atoms with Gasteiger partial charge in [-0.3, -0.25) is 4.79 Å². The lowest BCUT2D eigenvalue weighted by Crippen LogP contribution is -2.24. The van der Waals surface area contributed by atoms with Crippen LogP contribution in [0.4, 0.5) is 5.69 Å². The third-order valence-corrected chi connectivity index (χ3v) is 4.43. The van der Waals surface area contributed by atoms with E-state index in [1.165, 1.54) is 5.69 Å². The van der Waals surface area contributed by atoms with Crippen LogP contribution in [-0.4, -0.2) is 38.4 Å². The summed E-state index contributed by atoms with van der Waals surface area (Å²) in [6.07, 6.45) is 3.88. The molecular weight excluding hydrogens is 354 g/mol. The molecule has 1 N–H and O–H groups in total. The second-order valence-corrected chi connectivity index (χ2v) is 6.64. The molecule has 0 fully saturated rings. The Hall–Kier alpha value is -3.02. The molecule has 2 aromatic carbocycles. The number of ether oxygens (including phenoxy) is 2. The Balaban J connectivity index is 1.59. The molecule has 0 bridgehead atoms. The summed E-state index contributed by atoms with van der Waals surface area (Å²) in [4.78, 5) is 14.7. The molecule has 3 rings (SSSR count). The summed E-state index contributed by atoms with van der Waals surface area (Å²) in [5, 5.41) is 4.07. The number of carbonyl (C=O) groups is 1. The Bertz CT molecular complexity index is 812. The van der Waals surface area contributed by atoms with E-state index in [0.717, 1.165) is 31.5 Å². The highest BCUT2D eigenvalue weighted by molar-refractivity contribution is 5.95. The predicted molar refractivity (Wildman–Crippen MR) is 112 cm³/mol.